The van der Waals surface area contributed by atoms with Crippen molar-refractivity contribution in [2.45, 2.75) is 25.7 Å². The Morgan fingerprint density at radius 1 is 1.13 bits per heavy atom. The number of carbonyl (C=O) groups is 1. The second kappa shape index (κ2) is 12.8. The first-order valence-corrected chi connectivity index (χ1v) is 7.85. The second-order valence-corrected chi connectivity index (χ2v) is 5.72. The van der Waals surface area contributed by atoms with Crippen molar-refractivity contribution in [1.29, 1.82) is 0 Å². The number of rotatable bonds is 10. The maximum absolute atomic E-state index is 11.6. The average Bonchev–Trinajstić information content (AvgIpc) is 2.49. The molecule has 0 heterocycles. The fraction of sp³-hybridized carbons (Fsp3) is 0.867. The van der Waals surface area contributed by atoms with Gasteiger partial charge < -0.3 is 25.4 Å². The predicted octanol–water partition coefficient (Wildman–Crippen LogP) is 0.739. The van der Waals surface area contributed by atoms with Gasteiger partial charge in [-0.25, -0.2) is 0 Å². The molecular formula is C15H31IN4O3. The van der Waals surface area contributed by atoms with Crippen LogP contribution in [0.1, 0.15) is 25.7 Å². The Labute approximate surface area is 156 Å². The first kappa shape index (κ1) is 22.4. The molecule has 1 amide bonds. The van der Waals surface area contributed by atoms with Gasteiger partial charge >= 0.3 is 0 Å². The quantitative estimate of drug-likeness (QED) is 0.201. The lowest BCUT2D eigenvalue weighted by Gasteiger charge is -2.42. The van der Waals surface area contributed by atoms with Gasteiger partial charge in [0.15, 0.2) is 5.96 Å². The molecule has 0 aromatic heterocycles. The number of amides is 1. The fourth-order valence-electron chi connectivity index (χ4n) is 2.52. The van der Waals surface area contributed by atoms with Gasteiger partial charge in [-0.05, 0) is 24.7 Å². The number of halogens is 1. The Morgan fingerprint density at radius 3 is 2.35 bits per heavy atom. The summed E-state index contributed by atoms with van der Waals surface area (Å²) in [5.41, 5.74) is 0.314. The van der Waals surface area contributed by atoms with Crippen LogP contribution in [0.3, 0.4) is 0 Å². The number of nitrogens with one attached hydrogen (secondary N) is 3. The SMILES string of the molecule is CN=C(NCC(=O)NCCOC)NCC1(CCOC)CCC1.I. The van der Waals surface area contributed by atoms with Gasteiger partial charge in [0.2, 0.25) is 5.91 Å². The number of hydrogen-bond acceptors (Lipinski definition) is 4. The zero-order valence-corrected chi connectivity index (χ0v) is 16.8. The molecule has 1 aliphatic carbocycles. The van der Waals surface area contributed by atoms with Gasteiger partial charge in [-0.1, -0.05) is 6.42 Å². The van der Waals surface area contributed by atoms with Crippen molar-refractivity contribution < 1.29 is 14.3 Å². The standard InChI is InChI=1S/C15H30N4O3.HI/c1-16-14(18-11-13(20)17-8-10-22-3)19-12-15(5-4-6-15)7-9-21-2;/h4-12H2,1-3H3,(H,17,20)(H2,16,18,19);1H. The van der Waals surface area contributed by atoms with Gasteiger partial charge in [-0.15, -0.1) is 24.0 Å². The minimum atomic E-state index is -0.0715. The summed E-state index contributed by atoms with van der Waals surface area (Å²) in [5, 5.41) is 9.11. The maximum Gasteiger partial charge on any atom is 0.239 e. The zero-order chi connectivity index (χ0) is 16.3. The Hall–Kier alpha value is -0.610. The van der Waals surface area contributed by atoms with Gasteiger partial charge in [0.05, 0.1) is 13.2 Å². The number of nitrogens with zero attached hydrogens (tertiary/aromatic N) is 1. The number of guanidine groups is 1. The maximum atomic E-state index is 11.6. The zero-order valence-electron chi connectivity index (χ0n) is 14.4. The highest BCUT2D eigenvalue weighted by Crippen LogP contribution is 2.43. The summed E-state index contributed by atoms with van der Waals surface area (Å²) >= 11 is 0. The molecule has 7 nitrogen and oxygen atoms in total. The third-order valence-corrected chi connectivity index (χ3v) is 4.15. The fourth-order valence-corrected chi connectivity index (χ4v) is 2.52. The summed E-state index contributed by atoms with van der Waals surface area (Å²) in [6, 6.07) is 0. The van der Waals surface area contributed by atoms with E-state index in [0.29, 0.717) is 24.5 Å². The summed E-state index contributed by atoms with van der Waals surface area (Å²) in [5.74, 6) is 0.586. The summed E-state index contributed by atoms with van der Waals surface area (Å²) in [7, 11) is 5.05. The molecule has 0 aromatic carbocycles. The third-order valence-electron chi connectivity index (χ3n) is 4.15. The normalized spacial score (nSPS) is 16.0. The number of methoxy groups -OCH3 is 2. The Bertz CT molecular complexity index is 363. The first-order valence-electron chi connectivity index (χ1n) is 7.85. The van der Waals surface area contributed by atoms with Crippen LogP contribution >= 0.6 is 24.0 Å². The predicted molar refractivity (Wildman–Crippen MR) is 102 cm³/mol. The van der Waals surface area contributed by atoms with E-state index in [4.69, 9.17) is 9.47 Å². The topological polar surface area (TPSA) is 84.0 Å². The highest BCUT2D eigenvalue weighted by Gasteiger charge is 2.36. The molecule has 1 saturated carbocycles. The van der Waals surface area contributed by atoms with Gasteiger partial charge in [0, 0.05) is 41.0 Å². The highest BCUT2D eigenvalue weighted by molar-refractivity contribution is 14.0. The van der Waals surface area contributed by atoms with E-state index in [9.17, 15) is 4.79 Å². The van der Waals surface area contributed by atoms with Crippen LogP contribution < -0.4 is 16.0 Å². The van der Waals surface area contributed by atoms with Crippen LogP contribution in [0, 0.1) is 5.41 Å². The largest absolute Gasteiger partial charge is 0.385 e. The number of carbonyl (C=O) groups excluding carboxylic acids is 1. The molecular weight excluding hydrogens is 411 g/mol. The van der Waals surface area contributed by atoms with Crippen LogP contribution in [0.25, 0.3) is 0 Å². The molecule has 0 atom stereocenters. The minimum Gasteiger partial charge on any atom is -0.385 e. The number of hydrogen-bond donors (Lipinski definition) is 3. The average molecular weight is 442 g/mol. The second-order valence-electron chi connectivity index (χ2n) is 5.72. The van der Waals surface area contributed by atoms with Crippen LogP contribution in [0.2, 0.25) is 0 Å². The van der Waals surface area contributed by atoms with Crippen LogP contribution in [0.4, 0.5) is 0 Å². The molecule has 0 aliphatic heterocycles. The highest BCUT2D eigenvalue weighted by atomic mass is 127. The number of ether oxygens (including phenoxy) is 2. The van der Waals surface area contributed by atoms with Crippen LogP contribution in [-0.4, -0.2) is 66.0 Å². The van der Waals surface area contributed by atoms with Crippen molar-refractivity contribution in [2.24, 2.45) is 10.4 Å². The minimum absolute atomic E-state index is 0. The van der Waals surface area contributed by atoms with Gasteiger partial charge in [0.25, 0.3) is 0 Å². The van der Waals surface area contributed by atoms with Gasteiger partial charge in [-0.3, -0.25) is 9.79 Å². The van der Waals surface area contributed by atoms with Crippen molar-refractivity contribution in [1.82, 2.24) is 16.0 Å². The van der Waals surface area contributed by atoms with Crippen molar-refractivity contribution in [2.75, 3.05) is 54.1 Å². The first-order chi connectivity index (χ1) is 10.7. The molecule has 0 saturated heterocycles. The smallest absolute Gasteiger partial charge is 0.239 e. The van der Waals surface area contributed by atoms with E-state index in [1.165, 1.54) is 19.3 Å². The van der Waals surface area contributed by atoms with E-state index in [0.717, 1.165) is 19.6 Å². The molecule has 1 fully saturated rings. The van der Waals surface area contributed by atoms with Crippen molar-refractivity contribution in [3.8, 4) is 0 Å². The molecule has 0 aromatic rings. The van der Waals surface area contributed by atoms with Crippen molar-refractivity contribution >= 4 is 35.8 Å². The van der Waals surface area contributed by atoms with E-state index in [1.807, 2.05) is 0 Å². The molecule has 1 rings (SSSR count). The monoisotopic (exact) mass is 442 g/mol. The van der Waals surface area contributed by atoms with E-state index < -0.39 is 0 Å². The third kappa shape index (κ3) is 8.71. The summed E-state index contributed by atoms with van der Waals surface area (Å²) in [6.07, 6.45) is 4.78. The van der Waals surface area contributed by atoms with E-state index in [2.05, 4.69) is 20.9 Å². The molecule has 23 heavy (non-hydrogen) atoms. The van der Waals surface area contributed by atoms with E-state index in [1.54, 1.807) is 21.3 Å². The lowest BCUT2D eigenvalue weighted by Crippen LogP contribution is -2.49. The molecule has 0 spiro atoms. The molecule has 3 N–H and O–H groups in total. The molecule has 0 bridgehead atoms. The molecule has 1 aliphatic rings. The Balaban J connectivity index is 0.00000484. The van der Waals surface area contributed by atoms with Gasteiger partial charge in [-0.2, -0.15) is 0 Å². The van der Waals surface area contributed by atoms with E-state index in [-0.39, 0.29) is 36.4 Å². The van der Waals surface area contributed by atoms with Crippen molar-refractivity contribution in [3.05, 3.63) is 0 Å². The molecule has 0 radical (unpaired) electrons. The van der Waals surface area contributed by atoms with Crippen LogP contribution in [-0.2, 0) is 14.3 Å². The Morgan fingerprint density at radius 2 is 1.83 bits per heavy atom. The van der Waals surface area contributed by atoms with Crippen LogP contribution in [0.5, 0.6) is 0 Å². The van der Waals surface area contributed by atoms with Gasteiger partial charge in [0.1, 0.15) is 0 Å². The molecule has 8 heteroatoms. The number of aliphatic imine (C=N–C) groups is 1. The van der Waals surface area contributed by atoms with Crippen LogP contribution in [0.15, 0.2) is 4.99 Å². The van der Waals surface area contributed by atoms with Crippen molar-refractivity contribution in [3.63, 3.8) is 0 Å². The Kier molecular flexibility index (Phi) is 12.4. The summed E-state index contributed by atoms with van der Waals surface area (Å²) in [4.78, 5) is 15.8. The summed E-state index contributed by atoms with van der Waals surface area (Å²) < 4.78 is 10.1. The molecule has 136 valence electrons. The lowest BCUT2D eigenvalue weighted by molar-refractivity contribution is -0.120. The van der Waals surface area contributed by atoms with E-state index >= 15 is 0 Å². The molecule has 0 unspecified atom stereocenters. The lowest BCUT2D eigenvalue weighted by atomic mass is 9.67. The summed E-state index contributed by atoms with van der Waals surface area (Å²) in [6.45, 7) is 2.88.